The minimum absolute atomic E-state index is 0.108. The van der Waals surface area contributed by atoms with Crippen molar-refractivity contribution in [1.82, 2.24) is 16.1 Å². The molecule has 0 fully saturated rings. The van der Waals surface area contributed by atoms with E-state index in [0.29, 0.717) is 6.42 Å². The van der Waals surface area contributed by atoms with Crippen molar-refractivity contribution < 1.29 is 19.6 Å². The van der Waals surface area contributed by atoms with Crippen molar-refractivity contribution in [2.24, 2.45) is 23.0 Å². The molecule has 0 aliphatic carbocycles. The maximum absolute atomic E-state index is 12.6. The monoisotopic (exact) mass is 330 g/mol. The third-order valence-electron chi connectivity index (χ3n) is 3.57. The van der Waals surface area contributed by atoms with Crippen molar-refractivity contribution in [1.29, 1.82) is 0 Å². The third kappa shape index (κ3) is 6.54. The van der Waals surface area contributed by atoms with E-state index in [0.717, 1.165) is 0 Å². The quantitative estimate of drug-likeness (QED) is 0.324. The van der Waals surface area contributed by atoms with Gasteiger partial charge in [-0.25, -0.2) is 5.48 Å². The molecule has 0 radical (unpaired) electrons. The second-order valence-electron chi connectivity index (χ2n) is 7.16. The van der Waals surface area contributed by atoms with Crippen molar-refractivity contribution in [2.45, 2.75) is 53.1 Å². The van der Waals surface area contributed by atoms with Gasteiger partial charge < -0.3 is 16.4 Å². The molecule has 3 amide bonds. The molecule has 3 atom stereocenters. The lowest BCUT2D eigenvalue weighted by Crippen LogP contribution is -2.57. The molecular formula is C15H30N4O4. The van der Waals surface area contributed by atoms with Gasteiger partial charge in [0.1, 0.15) is 6.04 Å². The first kappa shape index (κ1) is 21.3. The lowest BCUT2D eigenvalue weighted by Gasteiger charge is -2.32. The number of hydrogen-bond donors (Lipinski definition) is 5. The number of nitrogens with one attached hydrogen (secondary N) is 3. The van der Waals surface area contributed by atoms with Gasteiger partial charge in [0, 0.05) is 7.05 Å². The normalized spacial score (nSPS) is 15.5. The summed E-state index contributed by atoms with van der Waals surface area (Å²) >= 11 is 0. The van der Waals surface area contributed by atoms with Gasteiger partial charge in [0.25, 0.3) is 5.91 Å². The number of carbonyl (C=O) groups is 3. The summed E-state index contributed by atoms with van der Waals surface area (Å²) in [7, 11) is 1.49. The number of nitrogens with two attached hydrogens (primary N) is 1. The minimum atomic E-state index is -1.20. The summed E-state index contributed by atoms with van der Waals surface area (Å²) in [6, 6.07) is -1.97. The largest absolute Gasteiger partial charge is 0.357 e. The lowest BCUT2D eigenvalue weighted by molar-refractivity contribution is -0.139. The zero-order valence-electron chi connectivity index (χ0n) is 14.8. The predicted molar refractivity (Wildman–Crippen MR) is 86.3 cm³/mol. The van der Waals surface area contributed by atoms with Gasteiger partial charge in [-0.2, -0.15) is 0 Å². The Morgan fingerprint density at radius 3 is 1.96 bits per heavy atom. The first-order chi connectivity index (χ1) is 10.4. The summed E-state index contributed by atoms with van der Waals surface area (Å²) < 4.78 is 0. The molecule has 6 N–H and O–H groups in total. The number of likely N-dealkylation sites (N-methyl/N-ethyl adjacent to an activating group) is 1. The highest BCUT2D eigenvalue weighted by Gasteiger charge is 2.37. The lowest BCUT2D eigenvalue weighted by atomic mass is 9.84. The highest BCUT2D eigenvalue weighted by atomic mass is 16.5. The van der Waals surface area contributed by atoms with Crippen LogP contribution in [0.4, 0.5) is 0 Å². The van der Waals surface area contributed by atoms with Crippen molar-refractivity contribution in [3.8, 4) is 0 Å². The van der Waals surface area contributed by atoms with Crippen LogP contribution < -0.4 is 21.8 Å². The molecule has 0 aliphatic rings. The van der Waals surface area contributed by atoms with Gasteiger partial charge in [-0.1, -0.05) is 34.6 Å². The van der Waals surface area contributed by atoms with Crippen molar-refractivity contribution in [3.05, 3.63) is 0 Å². The topological polar surface area (TPSA) is 134 Å². The summed E-state index contributed by atoms with van der Waals surface area (Å²) in [5, 5.41) is 13.9. The first-order valence-electron chi connectivity index (χ1n) is 7.67. The molecule has 0 aromatic carbocycles. The number of amides is 3. The Morgan fingerprint density at radius 2 is 1.61 bits per heavy atom. The molecule has 0 bridgehead atoms. The average molecular weight is 330 g/mol. The van der Waals surface area contributed by atoms with Crippen LogP contribution in [-0.2, 0) is 14.4 Å². The van der Waals surface area contributed by atoms with Crippen molar-refractivity contribution in [2.75, 3.05) is 7.05 Å². The molecule has 0 aliphatic heterocycles. The molecule has 8 nitrogen and oxygen atoms in total. The summed E-state index contributed by atoms with van der Waals surface area (Å²) in [6.45, 7) is 9.26. The van der Waals surface area contributed by atoms with Crippen LogP contribution >= 0.6 is 0 Å². The van der Waals surface area contributed by atoms with Gasteiger partial charge in [0.05, 0.1) is 12.0 Å². The van der Waals surface area contributed by atoms with E-state index in [2.05, 4.69) is 10.6 Å². The van der Waals surface area contributed by atoms with Gasteiger partial charge in [0.15, 0.2) is 0 Å². The summed E-state index contributed by atoms with van der Waals surface area (Å²) in [6.07, 6.45) is 0.352. The second-order valence-corrected chi connectivity index (χ2v) is 7.16. The van der Waals surface area contributed by atoms with Gasteiger partial charge in [-0.05, 0) is 17.8 Å². The summed E-state index contributed by atoms with van der Waals surface area (Å²) in [5.41, 5.74) is 6.74. The number of hydrogen-bond acceptors (Lipinski definition) is 5. The number of rotatable bonds is 7. The highest BCUT2D eigenvalue weighted by Crippen LogP contribution is 2.22. The zero-order chi connectivity index (χ0) is 18.4. The molecule has 8 heteroatoms. The number of hydroxylamine groups is 1. The van der Waals surface area contributed by atoms with E-state index in [9.17, 15) is 14.4 Å². The van der Waals surface area contributed by atoms with E-state index in [1.54, 1.807) is 0 Å². The fourth-order valence-electron chi connectivity index (χ4n) is 2.25. The summed E-state index contributed by atoms with van der Waals surface area (Å²) in [4.78, 5) is 36.2. The van der Waals surface area contributed by atoms with Crippen LogP contribution in [0.25, 0.3) is 0 Å². The maximum atomic E-state index is 12.6. The molecule has 23 heavy (non-hydrogen) atoms. The van der Waals surface area contributed by atoms with Crippen LogP contribution in [0.1, 0.15) is 41.0 Å². The highest BCUT2D eigenvalue weighted by molar-refractivity contribution is 5.92. The van der Waals surface area contributed by atoms with Crippen LogP contribution in [0.5, 0.6) is 0 Å². The van der Waals surface area contributed by atoms with Gasteiger partial charge in [-0.15, -0.1) is 0 Å². The molecule has 0 saturated carbocycles. The Kier molecular flexibility index (Phi) is 8.19. The average Bonchev–Trinajstić information content (AvgIpc) is 2.46. The van der Waals surface area contributed by atoms with Gasteiger partial charge >= 0.3 is 0 Å². The van der Waals surface area contributed by atoms with Crippen LogP contribution in [0, 0.1) is 17.3 Å². The van der Waals surface area contributed by atoms with Crippen molar-refractivity contribution in [3.63, 3.8) is 0 Å². The van der Waals surface area contributed by atoms with E-state index in [1.807, 2.05) is 34.6 Å². The van der Waals surface area contributed by atoms with E-state index in [1.165, 1.54) is 12.5 Å². The Hall–Kier alpha value is -1.67. The first-order valence-corrected chi connectivity index (χ1v) is 7.67. The van der Waals surface area contributed by atoms with Gasteiger partial charge in [-0.3, -0.25) is 19.6 Å². The fraction of sp³-hybridized carbons (Fsp3) is 0.800. The second kappa shape index (κ2) is 8.83. The van der Waals surface area contributed by atoms with Crippen LogP contribution in [0.2, 0.25) is 0 Å². The Balaban J connectivity index is 5.35. The van der Waals surface area contributed by atoms with Gasteiger partial charge in [0.2, 0.25) is 11.8 Å². The molecule has 0 spiro atoms. The molecule has 134 valence electrons. The molecule has 0 aromatic rings. The molecule has 0 unspecified atom stereocenters. The number of carbonyl (C=O) groups excluding carboxylic acids is 3. The van der Waals surface area contributed by atoms with Crippen LogP contribution in [-0.4, -0.2) is 42.1 Å². The Labute approximate surface area is 137 Å². The third-order valence-corrected chi connectivity index (χ3v) is 3.57. The van der Waals surface area contributed by atoms with E-state index in [-0.39, 0.29) is 11.8 Å². The zero-order valence-corrected chi connectivity index (χ0v) is 14.8. The van der Waals surface area contributed by atoms with E-state index >= 15 is 0 Å². The fourth-order valence-corrected chi connectivity index (χ4v) is 2.25. The Morgan fingerprint density at radius 1 is 1.09 bits per heavy atom. The predicted octanol–water partition coefficient (Wildman–Crippen LogP) is -0.242. The molecule has 0 aromatic heterocycles. The standard InChI is InChI=1S/C15H30N4O4/c1-8(2)7-9(10(16)13(21)19-23)12(20)18-11(14(22)17-6)15(3,4)5/h8-11,23H,7,16H2,1-6H3,(H,17,22)(H,18,20)(H,19,21)/t9-,10+,11-/m1/s1. The molecule has 0 saturated heterocycles. The van der Waals surface area contributed by atoms with E-state index in [4.69, 9.17) is 10.9 Å². The molecular weight excluding hydrogens is 300 g/mol. The molecule has 0 rings (SSSR count). The SMILES string of the molecule is CNC(=O)[C@@H](NC(=O)[C@H](CC(C)C)[C@H](N)C(=O)NO)C(C)(C)C. The van der Waals surface area contributed by atoms with Crippen LogP contribution in [0.15, 0.2) is 0 Å². The van der Waals surface area contributed by atoms with E-state index < -0.39 is 35.2 Å². The molecule has 0 heterocycles. The maximum Gasteiger partial charge on any atom is 0.261 e. The van der Waals surface area contributed by atoms with Crippen molar-refractivity contribution >= 4 is 17.7 Å². The smallest absolute Gasteiger partial charge is 0.261 e. The van der Waals surface area contributed by atoms with Crippen LogP contribution in [0.3, 0.4) is 0 Å². The minimum Gasteiger partial charge on any atom is -0.357 e. The Bertz CT molecular complexity index is 432. The summed E-state index contributed by atoms with van der Waals surface area (Å²) in [5.74, 6) is -2.39.